The van der Waals surface area contributed by atoms with Gasteiger partial charge in [-0.1, -0.05) is 30.3 Å². The van der Waals surface area contributed by atoms with Crippen LogP contribution in [0.15, 0.2) is 36.4 Å². The van der Waals surface area contributed by atoms with E-state index in [1.807, 2.05) is 42.2 Å². The third-order valence-electron chi connectivity index (χ3n) is 5.77. The molecule has 0 atom stereocenters. The summed E-state index contributed by atoms with van der Waals surface area (Å²) in [6, 6.07) is 12.0. The normalized spacial score (nSPS) is 18.2. The fraction of sp³-hybridized carbons (Fsp3) is 0.500. The molecule has 2 aromatic rings. The quantitative estimate of drug-likeness (QED) is 0.782. The Hall–Kier alpha value is -2.67. The van der Waals surface area contributed by atoms with Crippen molar-refractivity contribution in [3.8, 4) is 0 Å². The van der Waals surface area contributed by atoms with E-state index in [0.29, 0.717) is 19.5 Å². The van der Waals surface area contributed by atoms with Gasteiger partial charge in [0.25, 0.3) is 0 Å². The topological polar surface area (TPSA) is 55.8 Å². The van der Waals surface area contributed by atoms with Gasteiger partial charge < -0.3 is 19.6 Å². The first-order valence-corrected chi connectivity index (χ1v) is 10.4. The van der Waals surface area contributed by atoms with Crippen molar-refractivity contribution >= 4 is 17.7 Å². The lowest BCUT2D eigenvalue weighted by Gasteiger charge is -2.36. The van der Waals surface area contributed by atoms with E-state index in [-0.39, 0.29) is 5.91 Å². The van der Waals surface area contributed by atoms with Crippen molar-refractivity contribution in [2.45, 2.75) is 13.3 Å². The number of rotatable bonds is 4. The van der Waals surface area contributed by atoms with Crippen molar-refractivity contribution < 1.29 is 4.79 Å². The summed E-state index contributed by atoms with van der Waals surface area (Å²) in [4.78, 5) is 31.0. The average molecular weight is 395 g/mol. The molecule has 2 aliphatic rings. The van der Waals surface area contributed by atoms with Crippen LogP contribution in [0, 0.1) is 6.92 Å². The number of benzene rings is 1. The molecule has 3 heterocycles. The number of amides is 1. The third kappa shape index (κ3) is 4.85. The SMILES string of the molecule is Cc1cc(N2CCN(C)CC2)nc(N2CCN(C(=O)Cc3ccccc3)CC2)n1. The fourth-order valence-corrected chi connectivity index (χ4v) is 3.91. The van der Waals surface area contributed by atoms with Crippen LogP contribution in [-0.4, -0.2) is 85.1 Å². The Morgan fingerprint density at radius 1 is 0.897 bits per heavy atom. The van der Waals surface area contributed by atoms with Gasteiger partial charge in [0.2, 0.25) is 11.9 Å². The van der Waals surface area contributed by atoms with Crippen LogP contribution in [0.1, 0.15) is 11.3 Å². The third-order valence-corrected chi connectivity index (χ3v) is 5.77. The molecule has 4 rings (SSSR count). The zero-order valence-corrected chi connectivity index (χ0v) is 17.4. The molecule has 29 heavy (non-hydrogen) atoms. The summed E-state index contributed by atoms with van der Waals surface area (Å²) in [7, 11) is 2.16. The van der Waals surface area contributed by atoms with Crippen molar-refractivity contribution in [1.82, 2.24) is 19.8 Å². The molecule has 154 valence electrons. The molecular formula is C22H30N6O. The number of carbonyl (C=O) groups is 1. The van der Waals surface area contributed by atoms with Crippen LogP contribution in [-0.2, 0) is 11.2 Å². The highest BCUT2D eigenvalue weighted by atomic mass is 16.2. The Balaban J connectivity index is 1.37. The van der Waals surface area contributed by atoms with E-state index < -0.39 is 0 Å². The van der Waals surface area contributed by atoms with Gasteiger partial charge in [0.05, 0.1) is 6.42 Å². The zero-order chi connectivity index (χ0) is 20.2. The summed E-state index contributed by atoms with van der Waals surface area (Å²) < 4.78 is 0. The zero-order valence-electron chi connectivity index (χ0n) is 17.4. The molecular weight excluding hydrogens is 364 g/mol. The molecule has 0 bridgehead atoms. The van der Waals surface area contributed by atoms with Gasteiger partial charge in [0.15, 0.2) is 0 Å². The molecule has 1 aromatic heterocycles. The lowest BCUT2D eigenvalue weighted by Crippen LogP contribution is -2.50. The molecule has 0 aliphatic carbocycles. The summed E-state index contributed by atoms with van der Waals surface area (Å²) in [6.45, 7) is 9.10. The van der Waals surface area contributed by atoms with Crippen molar-refractivity contribution in [3.05, 3.63) is 47.7 Å². The molecule has 1 aromatic carbocycles. The lowest BCUT2D eigenvalue weighted by atomic mass is 10.1. The summed E-state index contributed by atoms with van der Waals surface area (Å²) in [5.41, 5.74) is 2.06. The summed E-state index contributed by atoms with van der Waals surface area (Å²) >= 11 is 0. The fourth-order valence-electron chi connectivity index (χ4n) is 3.91. The number of piperazine rings is 2. The predicted molar refractivity (Wildman–Crippen MR) is 115 cm³/mol. The molecule has 0 N–H and O–H groups in total. The van der Waals surface area contributed by atoms with Crippen molar-refractivity contribution in [1.29, 1.82) is 0 Å². The number of anilines is 2. The van der Waals surface area contributed by atoms with Gasteiger partial charge in [0.1, 0.15) is 5.82 Å². The molecule has 0 saturated carbocycles. The molecule has 7 nitrogen and oxygen atoms in total. The lowest BCUT2D eigenvalue weighted by molar-refractivity contribution is -0.130. The van der Waals surface area contributed by atoms with Gasteiger partial charge in [-0.3, -0.25) is 4.79 Å². The monoisotopic (exact) mass is 394 g/mol. The maximum Gasteiger partial charge on any atom is 0.227 e. The van der Waals surface area contributed by atoms with Gasteiger partial charge in [0, 0.05) is 64.1 Å². The Morgan fingerprint density at radius 3 is 2.24 bits per heavy atom. The maximum absolute atomic E-state index is 12.6. The Kier molecular flexibility index (Phi) is 5.94. The molecule has 2 fully saturated rings. The number of hydrogen-bond donors (Lipinski definition) is 0. The average Bonchev–Trinajstić information content (AvgIpc) is 2.74. The molecule has 2 aliphatic heterocycles. The summed E-state index contributed by atoms with van der Waals surface area (Å²) in [5, 5.41) is 0. The second-order valence-electron chi connectivity index (χ2n) is 7.99. The summed E-state index contributed by atoms with van der Waals surface area (Å²) in [6.07, 6.45) is 0.468. The second kappa shape index (κ2) is 8.78. The van der Waals surface area contributed by atoms with Gasteiger partial charge in [-0.05, 0) is 19.5 Å². The minimum atomic E-state index is 0.194. The number of likely N-dealkylation sites (N-methyl/N-ethyl adjacent to an activating group) is 1. The van der Waals surface area contributed by atoms with Crippen LogP contribution in [0.5, 0.6) is 0 Å². The Labute approximate surface area is 172 Å². The molecule has 2 saturated heterocycles. The van der Waals surface area contributed by atoms with Crippen molar-refractivity contribution in [2.24, 2.45) is 0 Å². The molecule has 1 amide bonds. The van der Waals surface area contributed by atoms with E-state index in [1.54, 1.807) is 0 Å². The van der Waals surface area contributed by atoms with Gasteiger partial charge >= 0.3 is 0 Å². The van der Waals surface area contributed by atoms with Crippen LogP contribution >= 0.6 is 0 Å². The molecule has 0 unspecified atom stereocenters. The molecule has 0 radical (unpaired) electrons. The smallest absolute Gasteiger partial charge is 0.227 e. The first-order valence-electron chi connectivity index (χ1n) is 10.4. The van der Waals surface area contributed by atoms with E-state index in [0.717, 1.165) is 62.3 Å². The van der Waals surface area contributed by atoms with Crippen LogP contribution in [0.3, 0.4) is 0 Å². The minimum absolute atomic E-state index is 0.194. The number of carbonyl (C=O) groups excluding carboxylic acids is 1. The second-order valence-corrected chi connectivity index (χ2v) is 7.99. The van der Waals surface area contributed by atoms with Crippen molar-refractivity contribution in [3.63, 3.8) is 0 Å². The number of aryl methyl sites for hydroxylation is 1. The van der Waals surface area contributed by atoms with E-state index in [1.165, 1.54) is 0 Å². The highest BCUT2D eigenvalue weighted by molar-refractivity contribution is 5.79. The van der Waals surface area contributed by atoms with E-state index in [4.69, 9.17) is 4.98 Å². The Morgan fingerprint density at radius 2 is 1.55 bits per heavy atom. The van der Waals surface area contributed by atoms with Gasteiger partial charge in [-0.2, -0.15) is 4.98 Å². The van der Waals surface area contributed by atoms with Crippen LogP contribution in [0.4, 0.5) is 11.8 Å². The Bertz CT molecular complexity index is 826. The van der Waals surface area contributed by atoms with Crippen LogP contribution in [0.25, 0.3) is 0 Å². The number of aromatic nitrogens is 2. The highest BCUT2D eigenvalue weighted by Gasteiger charge is 2.24. The number of nitrogens with zero attached hydrogens (tertiary/aromatic N) is 6. The van der Waals surface area contributed by atoms with E-state index in [9.17, 15) is 4.79 Å². The highest BCUT2D eigenvalue weighted by Crippen LogP contribution is 2.20. The van der Waals surface area contributed by atoms with Gasteiger partial charge in [-0.15, -0.1) is 0 Å². The van der Waals surface area contributed by atoms with Crippen LogP contribution in [0.2, 0.25) is 0 Å². The summed E-state index contributed by atoms with van der Waals surface area (Å²) in [5.74, 6) is 2.00. The van der Waals surface area contributed by atoms with Crippen molar-refractivity contribution in [2.75, 3.05) is 69.2 Å². The molecule has 7 heteroatoms. The first kappa shape index (κ1) is 19.6. The van der Waals surface area contributed by atoms with Crippen LogP contribution < -0.4 is 9.80 Å². The largest absolute Gasteiger partial charge is 0.354 e. The predicted octanol–water partition coefficient (Wildman–Crippen LogP) is 1.43. The standard InChI is InChI=1S/C22H30N6O/c1-18-16-20(26-10-8-25(2)9-11-26)24-22(23-18)28-14-12-27(13-15-28)21(29)17-19-6-4-3-5-7-19/h3-7,16H,8-15,17H2,1-2H3. The van der Waals surface area contributed by atoms with Gasteiger partial charge in [-0.25, -0.2) is 4.98 Å². The number of hydrogen-bond acceptors (Lipinski definition) is 6. The maximum atomic E-state index is 12.6. The first-order chi connectivity index (χ1) is 14.1. The van der Waals surface area contributed by atoms with E-state index in [2.05, 4.69) is 32.8 Å². The van der Waals surface area contributed by atoms with E-state index >= 15 is 0 Å². The molecule has 0 spiro atoms. The minimum Gasteiger partial charge on any atom is -0.354 e.